The van der Waals surface area contributed by atoms with E-state index in [1.807, 2.05) is 12.1 Å². The molecule has 2 heterocycles. The quantitative estimate of drug-likeness (QED) is 0.700. The summed E-state index contributed by atoms with van der Waals surface area (Å²) in [6, 6.07) is 5.42. The highest BCUT2D eigenvalue weighted by atomic mass is 35.5. The lowest BCUT2D eigenvalue weighted by Gasteiger charge is -2.13. The Morgan fingerprint density at radius 3 is 2.65 bits per heavy atom. The summed E-state index contributed by atoms with van der Waals surface area (Å²) in [5.74, 6) is 0.835. The van der Waals surface area contributed by atoms with Crippen LogP contribution in [0, 0.1) is 0 Å². The van der Waals surface area contributed by atoms with E-state index in [2.05, 4.69) is 36.1 Å². The third-order valence-corrected chi connectivity index (χ3v) is 4.13. The Balaban J connectivity index is 2.16. The molecule has 0 saturated carbocycles. The van der Waals surface area contributed by atoms with Crippen LogP contribution in [0.3, 0.4) is 0 Å². The van der Waals surface area contributed by atoms with Crippen LogP contribution < -0.4 is 5.73 Å². The molecular formula is C13H14ClN5S. The molecule has 3 aromatic rings. The molecule has 0 aliphatic carbocycles. The molecule has 0 atom stereocenters. The molecule has 0 saturated heterocycles. The number of hydrogen-bond donors (Lipinski definition) is 1. The smallest absolute Gasteiger partial charge is 0.235 e. The zero-order valence-corrected chi connectivity index (χ0v) is 13.0. The fourth-order valence-electron chi connectivity index (χ4n) is 1.90. The Bertz CT molecular complexity index is 784. The standard InChI is InChI=1S/C13H14ClN5S/c1-13(2,3)11-16-17-12-19(11)18-10(20-12)8-5-4-7(15)6-9(8)14/h4-6H,15H2,1-3H3. The van der Waals surface area contributed by atoms with Crippen LogP contribution in [-0.2, 0) is 5.41 Å². The zero-order chi connectivity index (χ0) is 14.5. The van der Waals surface area contributed by atoms with Crippen molar-refractivity contribution in [1.29, 1.82) is 0 Å². The number of nitrogens with zero attached hydrogens (tertiary/aromatic N) is 4. The van der Waals surface area contributed by atoms with Gasteiger partial charge in [-0.15, -0.1) is 10.2 Å². The molecule has 20 heavy (non-hydrogen) atoms. The molecule has 7 heteroatoms. The number of benzene rings is 1. The third kappa shape index (κ3) is 2.14. The SMILES string of the molecule is CC(C)(C)c1nnc2sc(-c3ccc(N)cc3Cl)nn12. The van der Waals surface area contributed by atoms with E-state index in [1.165, 1.54) is 11.3 Å². The van der Waals surface area contributed by atoms with Crippen LogP contribution in [0.1, 0.15) is 26.6 Å². The van der Waals surface area contributed by atoms with Gasteiger partial charge in [0.1, 0.15) is 5.01 Å². The maximum atomic E-state index is 6.23. The van der Waals surface area contributed by atoms with Crippen LogP contribution >= 0.6 is 22.9 Å². The van der Waals surface area contributed by atoms with Gasteiger partial charge in [-0.25, -0.2) is 0 Å². The first-order valence-electron chi connectivity index (χ1n) is 6.14. The predicted octanol–water partition coefficient (Wildman–Crippen LogP) is 3.39. The molecule has 0 spiro atoms. The van der Waals surface area contributed by atoms with Gasteiger partial charge in [-0.05, 0) is 18.2 Å². The molecule has 3 rings (SSSR count). The molecule has 2 N–H and O–H groups in total. The van der Waals surface area contributed by atoms with Gasteiger partial charge >= 0.3 is 0 Å². The normalized spacial score (nSPS) is 12.2. The molecule has 0 amide bonds. The fraction of sp³-hybridized carbons (Fsp3) is 0.308. The Labute approximate surface area is 125 Å². The molecular weight excluding hydrogens is 294 g/mol. The summed E-state index contributed by atoms with van der Waals surface area (Å²) < 4.78 is 1.78. The molecule has 0 fully saturated rings. The molecule has 5 nitrogen and oxygen atoms in total. The van der Waals surface area contributed by atoms with E-state index < -0.39 is 0 Å². The predicted molar refractivity (Wildman–Crippen MR) is 82.2 cm³/mol. The summed E-state index contributed by atoms with van der Waals surface area (Å²) in [5, 5.41) is 14.4. The summed E-state index contributed by atoms with van der Waals surface area (Å²) in [6.45, 7) is 6.25. The maximum Gasteiger partial charge on any atom is 0.235 e. The summed E-state index contributed by atoms with van der Waals surface area (Å²) in [4.78, 5) is 0.762. The van der Waals surface area contributed by atoms with Crippen molar-refractivity contribution in [2.45, 2.75) is 26.2 Å². The van der Waals surface area contributed by atoms with Gasteiger partial charge in [-0.3, -0.25) is 0 Å². The fourth-order valence-corrected chi connectivity index (χ4v) is 3.11. The molecule has 0 radical (unpaired) electrons. The summed E-state index contributed by atoms with van der Waals surface area (Å²) in [6.07, 6.45) is 0. The maximum absolute atomic E-state index is 6.23. The van der Waals surface area contributed by atoms with Gasteiger partial charge in [-0.1, -0.05) is 43.7 Å². The average molecular weight is 308 g/mol. The Morgan fingerprint density at radius 2 is 2.00 bits per heavy atom. The van der Waals surface area contributed by atoms with E-state index >= 15 is 0 Å². The first-order valence-corrected chi connectivity index (χ1v) is 7.34. The molecule has 104 valence electrons. The second kappa shape index (κ2) is 4.43. The number of hydrogen-bond acceptors (Lipinski definition) is 5. The van der Waals surface area contributed by atoms with Crippen molar-refractivity contribution in [2.75, 3.05) is 5.73 Å². The zero-order valence-electron chi connectivity index (χ0n) is 11.4. The van der Waals surface area contributed by atoms with E-state index in [4.69, 9.17) is 17.3 Å². The molecule has 0 aliphatic heterocycles. The molecule has 0 bridgehead atoms. The van der Waals surface area contributed by atoms with Crippen LogP contribution in [0.4, 0.5) is 5.69 Å². The van der Waals surface area contributed by atoms with Crippen molar-refractivity contribution >= 4 is 33.6 Å². The van der Waals surface area contributed by atoms with E-state index in [1.54, 1.807) is 10.6 Å². The highest BCUT2D eigenvalue weighted by Crippen LogP contribution is 2.33. The van der Waals surface area contributed by atoms with Gasteiger partial charge in [0.25, 0.3) is 0 Å². The van der Waals surface area contributed by atoms with Crippen molar-refractivity contribution in [1.82, 2.24) is 19.8 Å². The van der Waals surface area contributed by atoms with Crippen molar-refractivity contribution in [3.8, 4) is 10.6 Å². The third-order valence-electron chi connectivity index (χ3n) is 2.89. The second-order valence-corrected chi connectivity index (χ2v) is 6.98. The van der Waals surface area contributed by atoms with Crippen molar-refractivity contribution < 1.29 is 0 Å². The van der Waals surface area contributed by atoms with Crippen LogP contribution in [0.15, 0.2) is 18.2 Å². The number of rotatable bonds is 1. The number of fused-ring (bicyclic) bond motifs is 1. The van der Waals surface area contributed by atoms with E-state index in [-0.39, 0.29) is 5.41 Å². The molecule has 1 aromatic carbocycles. The van der Waals surface area contributed by atoms with Crippen LogP contribution in [0.2, 0.25) is 5.02 Å². The minimum Gasteiger partial charge on any atom is -0.399 e. The van der Waals surface area contributed by atoms with Crippen molar-refractivity contribution in [2.24, 2.45) is 0 Å². The minimum absolute atomic E-state index is 0.115. The lowest BCUT2D eigenvalue weighted by atomic mass is 9.96. The van der Waals surface area contributed by atoms with Crippen LogP contribution in [0.5, 0.6) is 0 Å². The van der Waals surface area contributed by atoms with Gasteiger partial charge in [-0.2, -0.15) is 9.61 Å². The van der Waals surface area contributed by atoms with Gasteiger partial charge < -0.3 is 5.73 Å². The van der Waals surface area contributed by atoms with Gasteiger partial charge in [0.2, 0.25) is 4.96 Å². The van der Waals surface area contributed by atoms with Crippen molar-refractivity contribution in [3.63, 3.8) is 0 Å². The van der Waals surface area contributed by atoms with E-state index in [9.17, 15) is 0 Å². The lowest BCUT2D eigenvalue weighted by molar-refractivity contribution is 0.528. The average Bonchev–Trinajstić information content (AvgIpc) is 2.86. The monoisotopic (exact) mass is 307 g/mol. The topological polar surface area (TPSA) is 69.1 Å². The number of aromatic nitrogens is 4. The van der Waals surface area contributed by atoms with E-state index in [0.717, 1.165) is 21.4 Å². The Kier molecular flexibility index (Phi) is 2.95. The molecule has 2 aromatic heterocycles. The van der Waals surface area contributed by atoms with Crippen molar-refractivity contribution in [3.05, 3.63) is 29.0 Å². The first-order chi connectivity index (χ1) is 9.36. The van der Waals surface area contributed by atoms with Gasteiger partial charge in [0.05, 0.1) is 5.02 Å². The molecule has 0 unspecified atom stereocenters. The van der Waals surface area contributed by atoms with Gasteiger partial charge in [0.15, 0.2) is 5.82 Å². The summed E-state index contributed by atoms with van der Waals surface area (Å²) >= 11 is 7.69. The summed E-state index contributed by atoms with van der Waals surface area (Å²) in [7, 11) is 0. The lowest BCUT2D eigenvalue weighted by Crippen LogP contribution is -2.16. The van der Waals surface area contributed by atoms with E-state index in [0.29, 0.717) is 10.7 Å². The largest absolute Gasteiger partial charge is 0.399 e. The number of nitrogens with two attached hydrogens (primary N) is 1. The number of anilines is 1. The second-order valence-electron chi connectivity index (χ2n) is 5.61. The number of nitrogen functional groups attached to an aromatic ring is 1. The Morgan fingerprint density at radius 1 is 1.25 bits per heavy atom. The Hall–Kier alpha value is -1.66. The molecule has 0 aliphatic rings. The highest BCUT2D eigenvalue weighted by molar-refractivity contribution is 7.19. The summed E-state index contributed by atoms with van der Waals surface area (Å²) in [5.41, 5.74) is 7.09. The first kappa shape index (κ1) is 13.3. The minimum atomic E-state index is -0.115. The number of halogens is 1. The van der Waals surface area contributed by atoms with Gasteiger partial charge in [0, 0.05) is 16.7 Å². The highest BCUT2D eigenvalue weighted by Gasteiger charge is 2.23. The van der Waals surface area contributed by atoms with Crippen LogP contribution in [0.25, 0.3) is 15.5 Å². The van der Waals surface area contributed by atoms with Crippen LogP contribution in [-0.4, -0.2) is 19.8 Å².